The van der Waals surface area contributed by atoms with Gasteiger partial charge in [0.2, 0.25) is 0 Å². The molecule has 2 atom stereocenters. The fourth-order valence-electron chi connectivity index (χ4n) is 3.05. The fourth-order valence-corrected chi connectivity index (χ4v) is 3.21. The number of halogens is 1. The molecule has 0 saturated heterocycles. The lowest BCUT2D eigenvalue weighted by Crippen LogP contribution is -2.37. The topological polar surface area (TPSA) is 62.2 Å². The van der Waals surface area contributed by atoms with Gasteiger partial charge in [0, 0.05) is 28.3 Å². The predicted molar refractivity (Wildman–Crippen MR) is 83.8 cm³/mol. The molecule has 0 bridgehead atoms. The molecule has 5 heteroatoms. The molecule has 2 unspecified atom stereocenters. The number of aliphatic carboxylic acids is 1. The van der Waals surface area contributed by atoms with Crippen molar-refractivity contribution in [2.75, 3.05) is 5.32 Å². The minimum Gasteiger partial charge on any atom is -0.481 e. The SMILES string of the molecule is O=C(O)C1CCCCC1Nc1ccnc2cc(Cl)ccc12. The third kappa shape index (κ3) is 2.95. The summed E-state index contributed by atoms with van der Waals surface area (Å²) >= 11 is 5.99. The van der Waals surface area contributed by atoms with E-state index in [1.54, 1.807) is 6.20 Å². The Kier molecular flexibility index (Phi) is 3.97. The maximum absolute atomic E-state index is 11.4. The van der Waals surface area contributed by atoms with Crippen molar-refractivity contribution in [3.63, 3.8) is 0 Å². The number of benzene rings is 1. The number of hydrogen-bond acceptors (Lipinski definition) is 3. The molecule has 1 fully saturated rings. The highest BCUT2D eigenvalue weighted by Crippen LogP contribution is 2.30. The number of hydrogen-bond donors (Lipinski definition) is 2. The highest BCUT2D eigenvalue weighted by molar-refractivity contribution is 6.31. The van der Waals surface area contributed by atoms with Gasteiger partial charge in [-0.2, -0.15) is 0 Å². The first-order valence-corrected chi connectivity index (χ1v) is 7.56. The number of aromatic nitrogens is 1. The third-order valence-electron chi connectivity index (χ3n) is 4.13. The van der Waals surface area contributed by atoms with Crippen LogP contribution >= 0.6 is 11.6 Å². The number of carbonyl (C=O) groups is 1. The zero-order valence-electron chi connectivity index (χ0n) is 11.6. The quantitative estimate of drug-likeness (QED) is 0.901. The highest BCUT2D eigenvalue weighted by Gasteiger charge is 2.30. The molecule has 110 valence electrons. The largest absolute Gasteiger partial charge is 0.481 e. The summed E-state index contributed by atoms with van der Waals surface area (Å²) in [4.78, 5) is 15.7. The number of nitrogens with one attached hydrogen (secondary N) is 1. The van der Waals surface area contributed by atoms with E-state index in [1.165, 1.54) is 0 Å². The molecule has 1 aliphatic rings. The maximum atomic E-state index is 11.4. The van der Waals surface area contributed by atoms with Crippen LogP contribution in [0.5, 0.6) is 0 Å². The lowest BCUT2D eigenvalue weighted by molar-refractivity contribution is -0.143. The summed E-state index contributed by atoms with van der Waals surface area (Å²) in [5.41, 5.74) is 1.74. The van der Waals surface area contributed by atoms with Crippen molar-refractivity contribution >= 4 is 34.2 Å². The van der Waals surface area contributed by atoms with Gasteiger partial charge in [0.1, 0.15) is 0 Å². The van der Waals surface area contributed by atoms with Gasteiger partial charge < -0.3 is 10.4 Å². The first-order chi connectivity index (χ1) is 10.1. The lowest BCUT2D eigenvalue weighted by Gasteiger charge is -2.30. The first kappa shape index (κ1) is 14.1. The van der Waals surface area contributed by atoms with Gasteiger partial charge in [0.25, 0.3) is 0 Å². The second-order valence-corrected chi connectivity index (χ2v) is 5.94. The standard InChI is InChI=1S/C16H17ClN2O2/c17-10-5-6-11-14(7-8-18-15(11)9-10)19-13-4-2-1-3-12(13)16(20)21/h5-9,12-13H,1-4H2,(H,18,19)(H,20,21). The average molecular weight is 305 g/mol. The Hall–Kier alpha value is -1.81. The van der Waals surface area contributed by atoms with E-state index in [2.05, 4.69) is 10.3 Å². The summed E-state index contributed by atoms with van der Waals surface area (Å²) in [5.74, 6) is -1.04. The van der Waals surface area contributed by atoms with Crippen molar-refractivity contribution in [1.29, 1.82) is 0 Å². The van der Waals surface area contributed by atoms with E-state index in [9.17, 15) is 9.90 Å². The second kappa shape index (κ2) is 5.90. The summed E-state index contributed by atoms with van der Waals surface area (Å²) < 4.78 is 0. The minimum atomic E-state index is -0.714. The van der Waals surface area contributed by atoms with Gasteiger partial charge >= 0.3 is 5.97 Å². The summed E-state index contributed by atoms with van der Waals surface area (Å²) in [6.45, 7) is 0. The van der Waals surface area contributed by atoms with E-state index < -0.39 is 5.97 Å². The van der Waals surface area contributed by atoms with Crippen LogP contribution in [0.1, 0.15) is 25.7 Å². The Bertz CT molecular complexity index is 674. The molecule has 1 heterocycles. The Morgan fingerprint density at radius 1 is 1.29 bits per heavy atom. The normalized spacial score (nSPS) is 22.1. The van der Waals surface area contributed by atoms with Crippen LogP contribution in [0.4, 0.5) is 5.69 Å². The third-order valence-corrected chi connectivity index (χ3v) is 4.36. The van der Waals surface area contributed by atoms with E-state index in [1.807, 2.05) is 24.3 Å². The maximum Gasteiger partial charge on any atom is 0.308 e. The van der Waals surface area contributed by atoms with Crippen LogP contribution in [0.2, 0.25) is 5.02 Å². The van der Waals surface area contributed by atoms with E-state index in [0.717, 1.165) is 42.3 Å². The molecular weight excluding hydrogens is 288 g/mol. The van der Waals surface area contributed by atoms with Gasteiger partial charge in [-0.3, -0.25) is 9.78 Å². The van der Waals surface area contributed by atoms with Crippen LogP contribution < -0.4 is 5.32 Å². The molecule has 0 radical (unpaired) electrons. The monoisotopic (exact) mass is 304 g/mol. The van der Waals surface area contributed by atoms with Crippen LogP contribution in [0.25, 0.3) is 10.9 Å². The van der Waals surface area contributed by atoms with Crippen LogP contribution in [-0.2, 0) is 4.79 Å². The lowest BCUT2D eigenvalue weighted by atomic mass is 9.84. The summed E-state index contributed by atoms with van der Waals surface area (Å²) in [6, 6.07) is 7.43. The Morgan fingerprint density at radius 3 is 2.90 bits per heavy atom. The zero-order valence-corrected chi connectivity index (χ0v) is 12.3. The van der Waals surface area contributed by atoms with E-state index in [-0.39, 0.29) is 12.0 Å². The van der Waals surface area contributed by atoms with E-state index >= 15 is 0 Å². The summed E-state index contributed by atoms with van der Waals surface area (Å²) in [7, 11) is 0. The van der Waals surface area contributed by atoms with Crippen molar-refractivity contribution in [3.05, 3.63) is 35.5 Å². The Labute approximate surface area is 128 Å². The van der Waals surface area contributed by atoms with E-state index in [4.69, 9.17) is 11.6 Å². The molecule has 4 nitrogen and oxygen atoms in total. The number of rotatable bonds is 3. The molecule has 2 aromatic rings. The highest BCUT2D eigenvalue weighted by atomic mass is 35.5. The number of carboxylic acids is 1. The van der Waals surface area contributed by atoms with Crippen molar-refractivity contribution in [2.45, 2.75) is 31.7 Å². The minimum absolute atomic E-state index is 0.0301. The molecule has 0 aliphatic heterocycles. The van der Waals surface area contributed by atoms with Crippen molar-refractivity contribution < 1.29 is 9.90 Å². The number of fused-ring (bicyclic) bond motifs is 1. The molecule has 3 rings (SSSR count). The predicted octanol–water partition coefficient (Wildman–Crippen LogP) is 3.94. The molecule has 1 aliphatic carbocycles. The zero-order chi connectivity index (χ0) is 14.8. The molecule has 0 amide bonds. The van der Waals surface area contributed by atoms with Crippen LogP contribution in [-0.4, -0.2) is 22.1 Å². The molecule has 1 saturated carbocycles. The van der Waals surface area contributed by atoms with Crippen molar-refractivity contribution in [2.24, 2.45) is 5.92 Å². The van der Waals surface area contributed by atoms with Crippen LogP contribution in [0.15, 0.2) is 30.5 Å². The van der Waals surface area contributed by atoms with Gasteiger partial charge in [-0.15, -0.1) is 0 Å². The smallest absolute Gasteiger partial charge is 0.308 e. The van der Waals surface area contributed by atoms with Gasteiger partial charge in [0.05, 0.1) is 11.4 Å². The average Bonchev–Trinajstić information content (AvgIpc) is 2.47. The fraction of sp³-hybridized carbons (Fsp3) is 0.375. The molecular formula is C16H17ClN2O2. The Morgan fingerprint density at radius 2 is 2.10 bits per heavy atom. The first-order valence-electron chi connectivity index (χ1n) is 7.19. The van der Waals surface area contributed by atoms with Crippen LogP contribution in [0, 0.1) is 5.92 Å². The van der Waals surface area contributed by atoms with Gasteiger partial charge in [-0.25, -0.2) is 0 Å². The van der Waals surface area contributed by atoms with E-state index in [0.29, 0.717) is 5.02 Å². The molecule has 2 N–H and O–H groups in total. The number of nitrogens with zero attached hydrogens (tertiary/aromatic N) is 1. The van der Waals surface area contributed by atoms with Crippen molar-refractivity contribution in [3.8, 4) is 0 Å². The summed E-state index contributed by atoms with van der Waals surface area (Å²) in [5, 5.41) is 14.4. The second-order valence-electron chi connectivity index (χ2n) is 5.50. The van der Waals surface area contributed by atoms with Crippen LogP contribution in [0.3, 0.4) is 0 Å². The number of carboxylic acid groups (broad SMARTS) is 1. The molecule has 0 spiro atoms. The van der Waals surface area contributed by atoms with Crippen molar-refractivity contribution in [1.82, 2.24) is 4.98 Å². The molecule has 21 heavy (non-hydrogen) atoms. The molecule has 1 aromatic heterocycles. The Balaban J connectivity index is 1.92. The van der Waals surface area contributed by atoms with Gasteiger partial charge in [-0.1, -0.05) is 24.4 Å². The number of anilines is 1. The summed E-state index contributed by atoms with van der Waals surface area (Å²) in [6.07, 6.45) is 5.40. The van der Waals surface area contributed by atoms with Gasteiger partial charge in [-0.05, 0) is 37.1 Å². The molecule has 1 aromatic carbocycles. The van der Waals surface area contributed by atoms with Gasteiger partial charge in [0.15, 0.2) is 0 Å². The number of pyridine rings is 1.